The molecule has 3 amide bonds. The Labute approximate surface area is 170 Å². The molecule has 8 heteroatoms. The van der Waals surface area contributed by atoms with Gasteiger partial charge in [0.25, 0.3) is 5.91 Å². The highest BCUT2D eigenvalue weighted by molar-refractivity contribution is 6.21. The molecule has 158 valence electrons. The molecule has 1 aromatic carbocycles. The van der Waals surface area contributed by atoms with Crippen LogP contribution in [-0.2, 0) is 29.5 Å². The van der Waals surface area contributed by atoms with Gasteiger partial charge in [0.05, 0.1) is 5.69 Å². The van der Waals surface area contributed by atoms with Gasteiger partial charge in [-0.25, -0.2) is 9.69 Å². The molecule has 8 nitrogen and oxygen atoms in total. The molecule has 0 fully saturated rings. The largest absolute Gasteiger partial charge is 0.444 e. The topological polar surface area (TPSA) is 102 Å². The van der Waals surface area contributed by atoms with Crippen molar-refractivity contribution in [2.75, 3.05) is 11.4 Å². The molecule has 1 heterocycles. The zero-order chi connectivity index (χ0) is 21.8. The van der Waals surface area contributed by atoms with Gasteiger partial charge in [0.15, 0.2) is 0 Å². The Hall–Kier alpha value is -2.90. The van der Waals surface area contributed by atoms with E-state index < -0.39 is 35.1 Å². The average Bonchev–Trinajstić information content (AvgIpc) is 2.81. The van der Waals surface area contributed by atoms with E-state index in [9.17, 15) is 19.2 Å². The third-order valence-electron chi connectivity index (χ3n) is 4.38. The third-order valence-corrected chi connectivity index (χ3v) is 4.38. The first kappa shape index (κ1) is 22.4. The van der Waals surface area contributed by atoms with E-state index in [4.69, 9.17) is 9.47 Å². The zero-order valence-electron chi connectivity index (χ0n) is 17.5. The first-order valence-corrected chi connectivity index (χ1v) is 9.59. The van der Waals surface area contributed by atoms with E-state index >= 15 is 0 Å². The number of imide groups is 1. The molecule has 1 unspecified atom stereocenters. The molecule has 0 aliphatic carbocycles. The van der Waals surface area contributed by atoms with Crippen LogP contribution in [0.2, 0.25) is 0 Å². The monoisotopic (exact) mass is 404 g/mol. The fourth-order valence-electron chi connectivity index (χ4n) is 3.10. The van der Waals surface area contributed by atoms with E-state index in [0.29, 0.717) is 30.6 Å². The van der Waals surface area contributed by atoms with Crippen molar-refractivity contribution in [3.63, 3.8) is 0 Å². The second-order valence-electron chi connectivity index (χ2n) is 8.07. The lowest BCUT2D eigenvalue weighted by atomic mass is 9.97. The molecule has 0 saturated heterocycles. The number of benzene rings is 1. The van der Waals surface area contributed by atoms with Gasteiger partial charge in [-0.05, 0) is 46.6 Å². The number of para-hydroxylation sites is 1. The number of nitrogens with zero attached hydrogens (tertiary/aromatic N) is 1. The molecule has 29 heavy (non-hydrogen) atoms. The minimum absolute atomic E-state index is 0.0844. The normalized spacial score (nSPS) is 18.2. The summed E-state index contributed by atoms with van der Waals surface area (Å²) in [5.41, 5.74) is -1.18. The molecule has 1 N–H and O–H groups in total. The maximum absolute atomic E-state index is 12.8. The molecule has 0 aromatic heterocycles. The number of unbranched alkanes of at least 4 members (excludes halogenated alkanes) is 1. The number of ether oxygens (including phenoxy) is 2. The van der Waals surface area contributed by atoms with Crippen LogP contribution < -0.4 is 10.2 Å². The molecule has 1 aromatic rings. The van der Waals surface area contributed by atoms with Crippen LogP contribution >= 0.6 is 0 Å². The summed E-state index contributed by atoms with van der Waals surface area (Å²) < 4.78 is 10.6. The molecule has 2 rings (SSSR count). The maximum atomic E-state index is 12.8. The predicted molar refractivity (Wildman–Crippen MR) is 106 cm³/mol. The van der Waals surface area contributed by atoms with E-state index in [-0.39, 0.29) is 6.42 Å². The number of carbonyl (C=O) groups is 4. The van der Waals surface area contributed by atoms with E-state index in [1.54, 1.807) is 45.0 Å². The van der Waals surface area contributed by atoms with Crippen molar-refractivity contribution in [2.24, 2.45) is 0 Å². The standard InChI is InChI=1S/C21H28N2O6/c1-14(24)23-16-11-7-6-10-15(16)21(5,18(23)26)28-17(25)12-8-9-13-22-19(27)29-20(2,3)4/h6-7,10-11H,8-9,12-13H2,1-5H3,(H,22,27). The number of carbonyl (C=O) groups excluding carboxylic acids is 4. The Kier molecular flexibility index (Phi) is 6.66. The van der Waals surface area contributed by atoms with Crippen LogP contribution in [0.1, 0.15) is 59.4 Å². The fraction of sp³-hybridized carbons (Fsp3) is 0.524. The molecule has 1 aliphatic rings. The molecule has 0 bridgehead atoms. The smallest absolute Gasteiger partial charge is 0.407 e. The first-order chi connectivity index (χ1) is 13.5. The van der Waals surface area contributed by atoms with Gasteiger partial charge in [0.1, 0.15) is 5.60 Å². The number of alkyl carbamates (subject to hydrolysis) is 1. The third kappa shape index (κ3) is 5.34. The summed E-state index contributed by atoms with van der Waals surface area (Å²) in [5, 5.41) is 2.62. The van der Waals surface area contributed by atoms with Gasteiger partial charge >= 0.3 is 12.1 Å². The lowest BCUT2D eigenvalue weighted by Crippen LogP contribution is -2.43. The quantitative estimate of drug-likeness (QED) is 0.578. The van der Waals surface area contributed by atoms with Gasteiger partial charge in [-0.15, -0.1) is 0 Å². The Morgan fingerprint density at radius 1 is 1.14 bits per heavy atom. The van der Waals surface area contributed by atoms with Crippen LogP contribution in [0.4, 0.5) is 10.5 Å². The summed E-state index contributed by atoms with van der Waals surface area (Å²) in [5.74, 6) is -1.56. The molecular formula is C21H28N2O6. The molecular weight excluding hydrogens is 376 g/mol. The number of hydrogen-bond acceptors (Lipinski definition) is 6. The fourth-order valence-corrected chi connectivity index (χ4v) is 3.10. The summed E-state index contributed by atoms with van der Waals surface area (Å²) in [6.07, 6.45) is 0.595. The number of esters is 1. The minimum atomic E-state index is -1.53. The highest BCUT2D eigenvalue weighted by atomic mass is 16.6. The lowest BCUT2D eigenvalue weighted by Gasteiger charge is -2.24. The Morgan fingerprint density at radius 3 is 2.41 bits per heavy atom. The second-order valence-corrected chi connectivity index (χ2v) is 8.07. The number of amides is 3. The van der Waals surface area contributed by atoms with Crippen LogP contribution in [0.3, 0.4) is 0 Å². The van der Waals surface area contributed by atoms with Gasteiger partial charge in [0.2, 0.25) is 11.5 Å². The van der Waals surface area contributed by atoms with E-state index in [1.807, 2.05) is 0 Å². The highest BCUT2D eigenvalue weighted by Gasteiger charge is 2.51. The Balaban J connectivity index is 1.88. The minimum Gasteiger partial charge on any atom is -0.444 e. The van der Waals surface area contributed by atoms with Gasteiger partial charge < -0.3 is 14.8 Å². The lowest BCUT2D eigenvalue weighted by molar-refractivity contribution is -0.166. The Morgan fingerprint density at radius 2 is 1.79 bits per heavy atom. The molecule has 1 atom stereocenters. The van der Waals surface area contributed by atoms with Gasteiger partial charge in [-0.1, -0.05) is 18.2 Å². The van der Waals surface area contributed by atoms with Crippen molar-refractivity contribution in [1.82, 2.24) is 5.32 Å². The van der Waals surface area contributed by atoms with Crippen LogP contribution in [0, 0.1) is 0 Å². The van der Waals surface area contributed by atoms with Crippen molar-refractivity contribution in [3.05, 3.63) is 29.8 Å². The summed E-state index contributed by atoms with van der Waals surface area (Å²) in [6.45, 7) is 8.48. The molecule has 0 saturated carbocycles. The summed E-state index contributed by atoms with van der Waals surface area (Å²) >= 11 is 0. The number of anilines is 1. The van der Waals surface area contributed by atoms with Gasteiger partial charge in [-0.3, -0.25) is 14.4 Å². The number of rotatable bonds is 6. The summed E-state index contributed by atoms with van der Waals surface area (Å²) in [7, 11) is 0. The van der Waals surface area contributed by atoms with Crippen molar-refractivity contribution in [2.45, 2.75) is 65.1 Å². The van der Waals surface area contributed by atoms with E-state index in [0.717, 1.165) is 4.90 Å². The number of hydrogen-bond donors (Lipinski definition) is 1. The summed E-state index contributed by atoms with van der Waals surface area (Å²) in [4.78, 5) is 49.6. The van der Waals surface area contributed by atoms with Gasteiger partial charge in [0, 0.05) is 25.5 Å². The van der Waals surface area contributed by atoms with Crippen molar-refractivity contribution < 1.29 is 28.7 Å². The van der Waals surface area contributed by atoms with Crippen molar-refractivity contribution in [3.8, 4) is 0 Å². The average molecular weight is 404 g/mol. The zero-order valence-corrected chi connectivity index (χ0v) is 17.5. The predicted octanol–water partition coefficient (Wildman–Crippen LogP) is 3.03. The van der Waals surface area contributed by atoms with E-state index in [1.165, 1.54) is 13.8 Å². The molecule has 1 aliphatic heterocycles. The van der Waals surface area contributed by atoms with Crippen molar-refractivity contribution >= 4 is 29.6 Å². The second kappa shape index (κ2) is 8.63. The molecule has 0 spiro atoms. The number of fused-ring (bicyclic) bond motifs is 1. The summed E-state index contributed by atoms with van der Waals surface area (Å²) in [6, 6.07) is 6.77. The van der Waals surface area contributed by atoms with Crippen molar-refractivity contribution in [1.29, 1.82) is 0 Å². The van der Waals surface area contributed by atoms with Gasteiger partial charge in [-0.2, -0.15) is 0 Å². The van der Waals surface area contributed by atoms with E-state index in [2.05, 4.69) is 5.32 Å². The Bertz CT molecular complexity index is 814. The van der Waals surface area contributed by atoms with Crippen LogP contribution in [0.25, 0.3) is 0 Å². The highest BCUT2D eigenvalue weighted by Crippen LogP contribution is 2.42. The maximum Gasteiger partial charge on any atom is 0.407 e. The number of nitrogens with one attached hydrogen (secondary N) is 1. The molecule has 0 radical (unpaired) electrons. The van der Waals surface area contributed by atoms with Crippen LogP contribution in [-0.4, -0.2) is 36.0 Å². The SMILES string of the molecule is CC(=O)N1C(=O)C(C)(OC(=O)CCCCNC(=O)OC(C)(C)C)c2ccccc21. The first-order valence-electron chi connectivity index (χ1n) is 9.59. The van der Waals surface area contributed by atoms with Crippen LogP contribution in [0.15, 0.2) is 24.3 Å². The van der Waals surface area contributed by atoms with Crippen LogP contribution in [0.5, 0.6) is 0 Å².